The molecule has 0 aliphatic heterocycles. The molecule has 84 valence electrons. The molecule has 16 heavy (non-hydrogen) atoms. The van der Waals surface area contributed by atoms with Gasteiger partial charge in [-0.15, -0.1) is 0 Å². The van der Waals surface area contributed by atoms with Crippen molar-refractivity contribution in [3.8, 4) is 11.8 Å². The highest BCUT2D eigenvalue weighted by Gasteiger charge is 2.06. The number of carbonyl (C=O) groups is 1. The van der Waals surface area contributed by atoms with Gasteiger partial charge in [-0.3, -0.25) is 4.79 Å². The van der Waals surface area contributed by atoms with Crippen LogP contribution in [-0.4, -0.2) is 10.9 Å². The van der Waals surface area contributed by atoms with Crippen molar-refractivity contribution in [2.24, 2.45) is 0 Å². The van der Waals surface area contributed by atoms with E-state index in [2.05, 4.69) is 11.8 Å². The van der Waals surface area contributed by atoms with Crippen LogP contribution in [0, 0.1) is 23.5 Å². The van der Waals surface area contributed by atoms with Gasteiger partial charge in [0, 0.05) is 13.0 Å². The van der Waals surface area contributed by atoms with Gasteiger partial charge in [0.1, 0.15) is 11.6 Å². The van der Waals surface area contributed by atoms with Gasteiger partial charge in [-0.2, -0.15) is 0 Å². The molecule has 2 nitrogen and oxygen atoms in total. The fourth-order valence-electron chi connectivity index (χ4n) is 0.988. The molecule has 1 aromatic carbocycles. The second-order valence-electron chi connectivity index (χ2n) is 2.93. The van der Waals surface area contributed by atoms with Crippen molar-refractivity contribution in [1.29, 1.82) is 0 Å². The predicted octanol–water partition coefficient (Wildman–Crippen LogP) is 2.18. The SMILES string of the molecule is CC(=O)SCC#Cc1c(N)cc(F)cc1F. The van der Waals surface area contributed by atoms with E-state index in [9.17, 15) is 13.6 Å². The molecule has 0 amide bonds. The van der Waals surface area contributed by atoms with Crippen LogP contribution in [0.25, 0.3) is 0 Å². The Morgan fingerprint density at radius 1 is 1.50 bits per heavy atom. The summed E-state index contributed by atoms with van der Waals surface area (Å²) in [6, 6.07) is 1.73. The molecule has 0 heterocycles. The van der Waals surface area contributed by atoms with Gasteiger partial charge in [0.25, 0.3) is 0 Å². The van der Waals surface area contributed by atoms with Crippen LogP contribution in [0.2, 0.25) is 0 Å². The second kappa shape index (κ2) is 5.52. The third-order valence-corrected chi connectivity index (χ3v) is 2.34. The number of halogens is 2. The normalized spacial score (nSPS) is 9.44. The summed E-state index contributed by atoms with van der Waals surface area (Å²) in [6.07, 6.45) is 0. The van der Waals surface area contributed by atoms with Gasteiger partial charge in [-0.05, 0) is 6.07 Å². The first-order valence-electron chi connectivity index (χ1n) is 4.37. The topological polar surface area (TPSA) is 43.1 Å². The van der Waals surface area contributed by atoms with E-state index < -0.39 is 11.6 Å². The molecule has 0 bridgehead atoms. The van der Waals surface area contributed by atoms with Crippen molar-refractivity contribution in [1.82, 2.24) is 0 Å². The maximum absolute atomic E-state index is 13.2. The summed E-state index contributed by atoms with van der Waals surface area (Å²) in [5.41, 5.74) is 5.33. The summed E-state index contributed by atoms with van der Waals surface area (Å²) in [6.45, 7) is 1.42. The number of benzene rings is 1. The lowest BCUT2D eigenvalue weighted by atomic mass is 10.1. The largest absolute Gasteiger partial charge is 0.398 e. The zero-order valence-corrected chi connectivity index (χ0v) is 9.33. The molecule has 0 saturated heterocycles. The van der Waals surface area contributed by atoms with Crippen LogP contribution in [0.4, 0.5) is 14.5 Å². The maximum Gasteiger partial charge on any atom is 0.186 e. The van der Waals surface area contributed by atoms with Crippen LogP contribution >= 0.6 is 11.8 Å². The maximum atomic E-state index is 13.2. The number of nitrogens with two attached hydrogens (primary N) is 1. The average molecular weight is 241 g/mol. The molecule has 2 N–H and O–H groups in total. The van der Waals surface area contributed by atoms with E-state index in [-0.39, 0.29) is 22.1 Å². The van der Waals surface area contributed by atoms with Crippen LogP contribution in [0.5, 0.6) is 0 Å². The zero-order chi connectivity index (χ0) is 12.1. The van der Waals surface area contributed by atoms with E-state index in [0.29, 0.717) is 0 Å². The Kier molecular flexibility index (Phi) is 4.32. The Bertz CT molecular complexity index is 454. The van der Waals surface area contributed by atoms with E-state index in [1.807, 2.05) is 0 Å². The van der Waals surface area contributed by atoms with Gasteiger partial charge in [0.2, 0.25) is 0 Å². The Hall–Kier alpha value is -1.54. The summed E-state index contributed by atoms with van der Waals surface area (Å²) in [7, 11) is 0. The Morgan fingerprint density at radius 3 is 2.75 bits per heavy atom. The van der Waals surface area contributed by atoms with Gasteiger partial charge in [-0.25, -0.2) is 8.78 Å². The van der Waals surface area contributed by atoms with Gasteiger partial charge in [-0.1, -0.05) is 23.6 Å². The van der Waals surface area contributed by atoms with Gasteiger partial charge >= 0.3 is 0 Å². The molecular weight excluding hydrogens is 232 g/mol. The highest BCUT2D eigenvalue weighted by atomic mass is 32.2. The van der Waals surface area contributed by atoms with Crippen LogP contribution in [0.15, 0.2) is 12.1 Å². The zero-order valence-electron chi connectivity index (χ0n) is 8.51. The fraction of sp³-hybridized carbons (Fsp3) is 0.182. The number of carbonyl (C=O) groups excluding carboxylic acids is 1. The van der Waals surface area contributed by atoms with Crippen molar-refractivity contribution in [3.05, 3.63) is 29.3 Å². The number of anilines is 1. The average Bonchev–Trinajstić information content (AvgIpc) is 2.14. The van der Waals surface area contributed by atoms with Crippen molar-refractivity contribution in [2.75, 3.05) is 11.5 Å². The molecule has 5 heteroatoms. The van der Waals surface area contributed by atoms with E-state index >= 15 is 0 Å². The van der Waals surface area contributed by atoms with E-state index in [1.54, 1.807) is 0 Å². The smallest absolute Gasteiger partial charge is 0.186 e. The van der Waals surface area contributed by atoms with Crippen molar-refractivity contribution in [3.63, 3.8) is 0 Å². The molecule has 0 aliphatic carbocycles. The summed E-state index contributed by atoms with van der Waals surface area (Å²) >= 11 is 1.02. The molecule has 0 aromatic heterocycles. The van der Waals surface area contributed by atoms with Crippen LogP contribution < -0.4 is 5.73 Å². The fourth-order valence-corrected chi connectivity index (χ4v) is 1.34. The molecule has 1 aromatic rings. The van der Waals surface area contributed by atoms with Crippen molar-refractivity contribution < 1.29 is 13.6 Å². The third-order valence-electron chi connectivity index (χ3n) is 1.65. The number of thioether (sulfide) groups is 1. The van der Waals surface area contributed by atoms with E-state index in [4.69, 9.17) is 5.73 Å². The standard InChI is InChI=1S/C11H9F2NOS/c1-7(15)16-4-2-3-9-10(13)5-8(12)6-11(9)14/h5-6H,4,14H2,1H3. The Balaban J connectivity index is 2.84. The number of nitrogen functional groups attached to an aromatic ring is 1. The minimum absolute atomic E-state index is 0.0365. The lowest BCUT2D eigenvalue weighted by molar-refractivity contribution is -0.109. The summed E-state index contributed by atoms with van der Waals surface area (Å²) in [5.74, 6) is 3.78. The van der Waals surface area contributed by atoms with Crippen LogP contribution in [0.1, 0.15) is 12.5 Å². The summed E-state index contributed by atoms with van der Waals surface area (Å²) < 4.78 is 25.9. The minimum Gasteiger partial charge on any atom is -0.398 e. The number of hydrogen-bond donors (Lipinski definition) is 1. The molecule has 0 fully saturated rings. The first-order chi connectivity index (χ1) is 7.50. The first-order valence-corrected chi connectivity index (χ1v) is 5.36. The molecule has 0 aliphatic rings. The third kappa shape index (κ3) is 3.55. The molecule has 0 saturated carbocycles. The Labute approximate surface area is 96.2 Å². The van der Waals surface area contributed by atoms with E-state index in [0.717, 1.165) is 23.9 Å². The van der Waals surface area contributed by atoms with Crippen molar-refractivity contribution in [2.45, 2.75) is 6.92 Å². The molecule has 0 atom stereocenters. The molecule has 1 rings (SSSR count). The van der Waals surface area contributed by atoms with Crippen molar-refractivity contribution >= 4 is 22.6 Å². The lowest BCUT2D eigenvalue weighted by Gasteiger charge is -1.99. The molecular formula is C11H9F2NOS. The van der Waals surface area contributed by atoms with Crippen LogP contribution in [0.3, 0.4) is 0 Å². The summed E-state index contributed by atoms with van der Waals surface area (Å²) in [4.78, 5) is 10.6. The van der Waals surface area contributed by atoms with Crippen LogP contribution in [-0.2, 0) is 4.79 Å². The van der Waals surface area contributed by atoms with Gasteiger partial charge in [0.05, 0.1) is 17.0 Å². The minimum atomic E-state index is -0.794. The second-order valence-corrected chi connectivity index (χ2v) is 4.09. The number of rotatable bonds is 1. The predicted molar refractivity (Wildman–Crippen MR) is 60.8 cm³/mol. The first kappa shape index (κ1) is 12.5. The van der Waals surface area contributed by atoms with Gasteiger partial charge < -0.3 is 5.73 Å². The molecule has 0 unspecified atom stereocenters. The summed E-state index contributed by atoms with van der Waals surface area (Å²) in [5, 5.41) is -0.0677. The molecule has 0 radical (unpaired) electrons. The quantitative estimate of drug-likeness (QED) is 0.605. The monoisotopic (exact) mass is 241 g/mol. The van der Waals surface area contributed by atoms with Gasteiger partial charge in [0.15, 0.2) is 5.12 Å². The Morgan fingerprint density at radius 2 is 2.19 bits per heavy atom. The lowest BCUT2D eigenvalue weighted by Crippen LogP contribution is -1.96. The molecule has 0 spiro atoms. The highest BCUT2D eigenvalue weighted by molar-refractivity contribution is 8.13. The number of hydrogen-bond acceptors (Lipinski definition) is 3. The van der Waals surface area contributed by atoms with E-state index in [1.165, 1.54) is 6.92 Å². The highest BCUT2D eigenvalue weighted by Crippen LogP contribution is 2.16.